The van der Waals surface area contributed by atoms with Crippen LogP contribution in [0.2, 0.25) is 0 Å². The third-order valence-corrected chi connectivity index (χ3v) is 8.92. The third-order valence-electron chi connectivity index (χ3n) is 8.32. The van der Waals surface area contributed by atoms with Crippen LogP contribution in [0.15, 0.2) is 85.2 Å². The highest BCUT2D eigenvalue weighted by molar-refractivity contribution is 7.89. The molecule has 2 amide bonds. The second-order valence-electron chi connectivity index (χ2n) is 13.8. The first kappa shape index (κ1) is 39.8. The first-order chi connectivity index (χ1) is 24.7. The van der Waals surface area contributed by atoms with Gasteiger partial charge in [0.2, 0.25) is 15.9 Å². The Morgan fingerprint density at radius 2 is 1.44 bits per heavy atom. The Kier molecular flexibility index (Phi) is 14.2. The molecule has 1 aromatic heterocycles. The van der Waals surface area contributed by atoms with Crippen LogP contribution in [-0.4, -0.2) is 68.0 Å². The molecule has 0 saturated heterocycles. The molecule has 0 aliphatic carbocycles. The number of amides is 2. The van der Waals surface area contributed by atoms with Crippen molar-refractivity contribution in [3.63, 3.8) is 0 Å². The van der Waals surface area contributed by atoms with Crippen LogP contribution in [0, 0.1) is 0 Å². The van der Waals surface area contributed by atoms with Crippen molar-refractivity contribution in [1.82, 2.24) is 25.3 Å². The molecular weight excluding hydrogens is 679 g/mol. The molecule has 1 unspecified atom stereocenters. The Morgan fingerprint density at radius 3 is 2.08 bits per heavy atom. The van der Waals surface area contributed by atoms with Crippen molar-refractivity contribution >= 4 is 27.6 Å². The molecule has 0 radical (unpaired) electrons. The van der Waals surface area contributed by atoms with Crippen molar-refractivity contribution in [2.45, 2.75) is 71.3 Å². The summed E-state index contributed by atoms with van der Waals surface area (Å²) in [6.45, 7) is 8.38. The van der Waals surface area contributed by atoms with E-state index >= 15 is 0 Å². The summed E-state index contributed by atoms with van der Waals surface area (Å²) in [6, 6.07) is 20.7. The number of rotatable bonds is 18. The van der Waals surface area contributed by atoms with Gasteiger partial charge in [-0.1, -0.05) is 108 Å². The first-order valence-corrected chi connectivity index (χ1v) is 19.5. The summed E-state index contributed by atoms with van der Waals surface area (Å²) >= 11 is 0. The SMILES string of the molecule is CCCCCCCOc1ccc(-c2cnc(-c3ccc(C(=O)C(CNCC(=O)NS(C)(=O)=O)NC(=O)c4ccccc4C(C)(C)C)cc3)nc2)cc1. The third kappa shape index (κ3) is 12.1. The smallest absolute Gasteiger partial charge is 0.252 e. The molecule has 4 rings (SSSR count). The Bertz CT molecular complexity index is 1910. The highest BCUT2D eigenvalue weighted by atomic mass is 32.2. The molecular formula is C40H49N5O6S. The van der Waals surface area contributed by atoms with E-state index in [9.17, 15) is 22.8 Å². The van der Waals surface area contributed by atoms with E-state index in [0.29, 0.717) is 29.1 Å². The van der Waals surface area contributed by atoms with Gasteiger partial charge in [-0.25, -0.2) is 18.4 Å². The quantitative estimate of drug-likeness (QED) is 0.0814. The summed E-state index contributed by atoms with van der Waals surface area (Å²) in [7, 11) is -3.75. The lowest BCUT2D eigenvalue weighted by Crippen LogP contribution is -2.49. The van der Waals surface area contributed by atoms with Crippen molar-refractivity contribution in [3.8, 4) is 28.3 Å². The monoisotopic (exact) mass is 727 g/mol. The summed E-state index contributed by atoms with van der Waals surface area (Å²) in [5.74, 6) is -0.326. The minimum atomic E-state index is -3.75. The van der Waals surface area contributed by atoms with Gasteiger partial charge in [0.25, 0.3) is 5.91 Å². The Morgan fingerprint density at radius 1 is 0.808 bits per heavy atom. The second-order valence-corrected chi connectivity index (χ2v) is 15.5. The number of unbranched alkanes of at least 4 members (excludes halogenated alkanes) is 4. The molecule has 52 heavy (non-hydrogen) atoms. The summed E-state index contributed by atoms with van der Waals surface area (Å²) in [4.78, 5) is 48.5. The molecule has 0 fully saturated rings. The predicted molar refractivity (Wildman–Crippen MR) is 204 cm³/mol. The van der Waals surface area contributed by atoms with Gasteiger partial charge in [0.1, 0.15) is 11.8 Å². The Labute approximate surface area is 307 Å². The minimum absolute atomic E-state index is 0.127. The summed E-state index contributed by atoms with van der Waals surface area (Å²) < 4.78 is 30.6. The largest absolute Gasteiger partial charge is 0.494 e. The number of hydrogen-bond donors (Lipinski definition) is 3. The highest BCUT2D eigenvalue weighted by Gasteiger charge is 2.27. The van der Waals surface area contributed by atoms with Crippen LogP contribution in [0.25, 0.3) is 22.5 Å². The number of ether oxygens (including phenoxy) is 1. The highest BCUT2D eigenvalue weighted by Crippen LogP contribution is 2.26. The summed E-state index contributed by atoms with van der Waals surface area (Å²) in [5.41, 5.74) is 3.73. The zero-order chi connectivity index (χ0) is 37.7. The lowest BCUT2D eigenvalue weighted by molar-refractivity contribution is -0.118. The van der Waals surface area contributed by atoms with E-state index in [1.165, 1.54) is 25.7 Å². The van der Waals surface area contributed by atoms with E-state index in [4.69, 9.17) is 4.74 Å². The van der Waals surface area contributed by atoms with Crippen molar-refractivity contribution in [3.05, 3.63) is 102 Å². The fourth-order valence-corrected chi connectivity index (χ4v) is 6.09. The van der Waals surface area contributed by atoms with E-state index in [-0.39, 0.29) is 18.5 Å². The Hall–Kier alpha value is -4.94. The van der Waals surface area contributed by atoms with Gasteiger partial charge in [0.05, 0.1) is 19.4 Å². The predicted octanol–water partition coefficient (Wildman–Crippen LogP) is 6.10. The van der Waals surface area contributed by atoms with Gasteiger partial charge < -0.3 is 15.4 Å². The van der Waals surface area contributed by atoms with Crippen LogP contribution in [0.4, 0.5) is 0 Å². The van der Waals surface area contributed by atoms with Crippen LogP contribution in [0.3, 0.4) is 0 Å². The van der Waals surface area contributed by atoms with Crippen LogP contribution in [0.5, 0.6) is 5.75 Å². The maximum absolute atomic E-state index is 13.8. The molecule has 1 atom stereocenters. The van der Waals surface area contributed by atoms with Crippen molar-refractivity contribution in [1.29, 1.82) is 0 Å². The van der Waals surface area contributed by atoms with E-state index in [1.807, 2.05) is 61.9 Å². The molecule has 4 aromatic rings. The number of hydrogen-bond acceptors (Lipinski definition) is 9. The van der Waals surface area contributed by atoms with Crippen molar-refractivity contribution in [2.24, 2.45) is 0 Å². The molecule has 0 spiro atoms. The average Bonchev–Trinajstić information content (AvgIpc) is 3.11. The van der Waals surface area contributed by atoms with Crippen LogP contribution in [-0.2, 0) is 20.2 Å². The van der Waals surface area contributed by atoms with Gasteiger partial charge in [-0.2, -0.15) is 0 Å². The molecule has 1 heterocycles. The van der Waals surface area contributed by atoms with Gasteiger partial charge in [0, 0.05) is 41.2 Å². The number of carbonyl (C=O) groups excluding carboxylic acids is 3. The summed E-state index contributed by atoms with van der Waals surface area (Å²) in [5, 5.41) is 5.62. The number of Topliss-reactive ketones (excluding diaryl/α,β-unsaturated/α-hetero) is 1. The molecule has 12 heteroatoms. The Balaban J connectivity index is 1.44. The standard InChI is InChI=1S/C40H49N5O6S/c1-6-7-8-9-12-23-51-32-21-19-28(20-22-32)31-24-42-38(43-25-31)30-17-15-29(16-18-30)37(47)35(26-41-27-36(46)45-52(5,49)50)44-39(48)33-13-10-11-14-34(33)40(2,3)4/h10-11,13-22,24-25,35,41H,6-9,12,23,26-27H2,1-5H3,(H,44,48)(H,45,46). The topological polar surface area (TPSA) is 156 Å². The molecule has 0 bridgehead atoms. The maximum Gasteiger partial charge on any atom is 0.252 e. The normalized spacial score (nSPS) is 12.2. The molecule has 3 aromatic carbocycles. The summed E-state index contributed by atoms with van der Waals surface area (Å²) in [6.07, 6.45) is 10.3. The van der Waals surface area contributed by atoms with Gasteiger partial charge >= 0.3 is 0 Å². The first-order valence-electron chi connectivity index (χ1n) is 17.6. The van der Waals surface area contributed by atoms with Gasteiger partial charge in [0.15, 0.2) is 11.6 Å². The van der Waals surface area contributed by atoms with E-state index < -0.39 is 33.7 Å². The van der Waals surface area contributed by atoms with Crippen molar-refractivity contribution in [2.75, 3.05) is 26.0 Å². The zero-order valence-corrected chi connectivity index (χ0v) is 31.4. The minimum Gasteiger partial charge on any atom is -0.494 e. The van der Waals surface area contributed by atoms with E-state index in [1.54, 1.807) is 48.8 Å². The van der Waals surface area contributed by atoms with Crippen LogP contribution < -0.4 is 20.1 Å². The fraction of sp³-hybridized carbons (Fsp3) is 0.375. The molecule has 11 nitrogen and oxygen atoms in total. The second kappa shape index (κ2) is 18.5. The molecule has 0 aliphatic heterocycles. The van der Waals surface area contributed by atoms with Crippen LogP contribution >= 0.6 is 0 Å². The number of aromatic nitrogens is 2. The molecule has 0 saturated carbocycles. The average molecular weight is 728 g/mol. The number of nitrogens with one attached hydrogen (secondary N) is 3. The van der Waals surface area contributed by atoms with Crippen molar-refractivity contribution < 1.29 is 27.5 Å². The number of carbonyl (C=O) groups is 3. The number of sulfonamides is 1. The van der Waals surface area contributed by atoms with Gasteiger partial charge in [-0.15, -0.1) is 0 Å². The zero-order valence-electron chi connectivity index (χ0n) is 30.6. The van der Waals surface area contributed by atoms with E-state index in [2.05, 4.69) is 27.5 Å². The molecule has 3 N–H and O–H groups in total. The molecule has 0 aliphatic rings. The lowest BCUT2D eigenvalue weighted by Gasteiger charge is -2.24. The van der Waals surface area contributed by atoms with Gasteiger partial charge in [-0.05, 0) is 41.2 Å². The van der Waals surface area contributed by atoms with Crippen LogP contribution in [0.1, 0.15) is 86.1 Å². The van der Waals surface area contributed by atoms with Gasteiger partial charge in [-0.3, -0.25) is 19.1 Å². The fourth-order valence-electron chi connectivity index (χ4n) is 5.60. The van der Waals surface area contributed by atoms with E-state index in [0.717, 1.165) is 35.1 Å². The lowest BCUT2D eigenvalue weighted by atomic mass is 9.83. The molecule has 276 valence electrons. The number of benzene rings is 3. The maximum atomic E-state index is 13.8. The number of nitrogens with zero attached hydrogens (tertiary/aromatic N) is 2. The number of ketones is 1.